The minimum absolute atomic E-state index is 0.0370. The van der Waals surface area contributed by atoms with Crippen LogP contribution in [0.5, 0.6) is 0 Å². The smallest absolute Gasteiger partial charge is 0.396 e. The lowest BCUT2D eigenvalue weighted by molar-refractivity contribution is -0.145. The number of carbonyl (C=O) groups is 2. The molecule has 1 aromatic carbocycles. The Hall–Kier alpha value is -2.72. The molecule has 0 unspecified atom stereocenters. The normalized spacial score (nSPS) is 23.3. The van der Waals surface area contributed by atoms with Gasteiger partial charge in [-0.3, -0.25) is 14.5 Å². The van der Waals surface area contributed by atoms with Crippen molar-refractivity contribution in [1.82, 2.24) is 9.88 Å². The molecule has 2 fully saturated rings. The van der Waals surface area contributed by atoms with E-state index < -0.39 is 42.0 Å². The predicted molar refractivity (Wildman–Crippen MR) is 115 cm³/mol. The van der Waals surface area contributed by atoms with Gasteiger partial charge >= 0.3 is 6.18 Å². The third-order valence-corrected chi connectivity index (χ3v) is 6.57. The molecule has 0 spiro atoms. The van der Waals surface area contributed by atoms with Gasteiger partial charge in [-0.15, -0.1) is 0 Å². The second kappa shape index (κ2) is 9.50. The maximum absolute atomic E-state index is 14.5. The van der Waals surface area contributed by atoms with Crippen molar-refractivity contribution in [2.45, 2.75) is 38.0 Å². The van der Waals surface area contributed by atoms with Crippen molar-refractivity contribution in [1.29, 1.82) is 0 Å². The Labute approximate surface area is 198 Å². The van der Waals surface area contributed by atoms with Gasteiger partial charge in [0.15, 0.2) is 11.6 Å². The van der Waals surface area contributed by atoms with Crippen LogP contribution in [0.25, 0.3) is 0 Å². The third-order valence-electron chi connectivity index (χ3n) is 6.37. The Bertz CT molecular complexity index is 1070. The molecule has 0 bridgehead atoms. The summed E-state index contributed by atoms with van der Waals surface area (Å²) in [5.74, 6) is -1.92. The molecular weight excluding hydrogens is 478 g/mol. The molecule has 4 rings (SSSR count). The largest absolute Gasteiger partial charge is 0.416 e. The van der Waals surface area contributed by atoms with Crippen molar-refractivity contribution >= 4 is 29.2 Å². The van der Waals surface area contributed by atoms with E-state index in [0.717, 1.165) is 23.1 Å². The van der Waals surface area contributed by atoms with Gasteiger partial charge in [0.2, 0.25) is 5.91 Å². The number of hydrogen-bond donors (Lipinski definition) is 1. The first-order valence-corrected chi connectivity index (χ1v) is 11.1. The van der Waals surface area contributed by atoms with Crippen LogP contribution in [0.15, 0.2) is 36.5 Å². The fourth-order valence-corrected chi connectivity index (χ4v) is 4.67. The number of nitrogens with zero attached hydrogens (tertiary/aromatic N) is 3. The van der Waals surface area contributed by atoms with E-state index in [4.69, 9.17) is 11.6 Å². The predicted octanol–water partition coefficient (Wildman–Crippen LogP) is 4.05. The molecule has 2 aromatic rings. The highest BCUT2D eigenvalue weighted by Gasteiger charge is 2.44. The number of aliphatic hydroxyl groups is 1. The lowest BCUT2D eigenvalue weighted by Gasteiger charge is -2.43. The van der Waals surface area contributed by atoms with Gasteiger partial charge in [0, 0.05) is 19.3 Å². The lowest BCUT2D eigenvalue weighted by atomic mass is 9.72. The van der Waals surface area contributed by atoms with Gasteiger partial charge < -0.3 is 10.0 Å². The van der Waals surface area contributed by atoms with Gasteiger partial charge in [-0.1, -0.05) is 23.7 Å². The van der Waals surface area contributed by atoms with Crippen LogP contribution >= 0.6 is 11.6 Å². The van der Waals surface area contributed by atoms with Crippen molar-refractivity contribution in [3.8, 4) is 0 Å². The number of aromatic nitrogens is 1. The van der Waals surface area contributed by atoms with Crippen molar-refractivity contribution in [2.24, 2.45) is 11.8 Å². The number of carbonyl (C=O) groups excluding carboxylic acids is 2. The Morgan fingerprint density at radius 3 is 2.38 bits per heavy atom. The topological polar surface area (TPSA) is 73.7 Å². The first-order valence-electron chi connectivity index (χ1n) is 10.8. The van der Waals surface area contributed by atoms with Crippen LogP contribution in [0.1, 0.15) is 30.4 Å². The van der Waals surface area contributed by atoms with Crippen LogP contribution in [-0.4, -0.2) is 46.0 Å². The van der Waals surface area contributed by atoms with E-state index in [2.05, 4.69) is 4.98 Å². The molecule has 34 heavy (non-hydrogen) atoms. The van der Waals surface area contributed by atoms with Crippen molar-refractivity contribution < 1.29 is 32.3 Å². The molecule has 0 radical (unpaired) electrons. The summed E-state index contributed by atoms with van der Waals surface area (Å²) in [4.78, 5) is 32.7. The summed E-state index contributed by atoms with van der Waals surface area (Å²) in [7, 11) is 0. The van der Waals surface area contributed by atoms with E-state index in [1.54, 1.807) is 0 Å². The van der Waals surface area contributed by atoms with Crippen LogP contribution in [0, 0.1) is 17.7 Å². The molecule has 1 atom stereocenters. The second-order valence-electron chi connectivity index (χ2n) is 8.74. The van der Waals surface area contributed by atoms with Crippen LogP contribution in [0.3, 0.4) is 0 Å². The van der Waals surface area contributed by atoms with Crippen molar-refractivity contribution in [2.75, 3.05) is 18.1 Å². The molecule has 1 saturated carbocycles. The van der Waals surface area contributed by atoms with Gasteiger partial charge in [-0.2, -0.15) is 13.2 Å². The van der Waals surface area contributed by atoms with E-state index in [0.29, 0.717) is 24.8 Å². The average Bonchev–Trinajstić information content (AvgIpc) is 2.74. The summed E-state index contributed by atoms with van der Waals surface area (Å²) in [6.07, 6.45) is -1.62. The number of pyridine rings is 1. The van der Waals surface area contributed by atoms with Gasteiger partial charge in [0.05, 0.1) is 10.6 Å². The van der Waals surface area contributed by atoms with Crippen molar-refractivity contribution in [3.63, 3.8) is 0 Å². The van der Waals surface area contributed by atoms with Gasteiger partial charge in [0.1, 0.15) is 12.6 Å². The molecular formula is C23H22ClF4N3O3. The number of piperazine rings is 1. The molecule has 2 heterocycles. The van der Waals surface area contributed by atoms with Gasteiger partial charge in [-0.05, 0) is 54.9 Å². The number of rotatable bonds is 6. The summed E-state index contributed by atoms with van der Waals surface area (Å²) in [6.45, 7) is -0.477. The Morgan fingerprint density at radius 1 is 1.12 bits per heavy atom. The zero-order chi connectivity index (χ0) is 24.6. The number of hydrogen-bond acceptors (Lipinski definition) is 4. The molecule has 1 saturated heterocycles. The van der Waals surface area contributed by atoms with Crippen LogP contribution in [0.4, 0.5) is 23.4 Å². The number of alkyl halides is 3. The van der Waals surface area contributed by atoms with E-state index in [1.165, 1.54) is 23.2 Å². The first kappa shape index (κ1) is 24.4. The SMILES string of the molecule is O=C1[C@H](CC2CC(CO)C2)N(Cc2ccc(C(F)(F)F)cc2)C(=O)CN1c1ncc(Cl)cc1F. The Morgan fingerprint density at radius 2 is 1.79 bits per heavy atom. The highest BCUT2D eigenvalue weighted by Crippen LogP contribution is 2.39. The summed E-state index contributed by atoms with van der Waals surface area (Å²) in [5, 5.41) is 9.34. The molecule has 2 amide bonds. The quantitative estimate of drug-likeness (QED) is 0.609. The summed E-state index contributed by atoms with van der Waals surface area (Å²) < 4.78 is 53.2. The van der Waals surface area contributed by atoms with Crippen LogP contribution in [0.2, 0.25) is 5.02 Å². The van der Waals surface area contributed by atoms with Crippen LogP contribution < -0.4 is 4.90 Å². The molecule has 182 valence electrons. The number of amides is 2. The molecule has 11 heteroatoms. The fraction of sp³-hybridized carbons (Fsp3) is 0.435. The van der Waals surface area contributed by atoms with E-state index in [1.807, 2.05) is 0 Å². The van der Waals surface area contributed by atoms with Crippen molar-refractivity contribution in [3.05, 3.63) is 58.5 Å². The average molecular weight is 500 g/mol. The number of anilines is 1. The Balaban J connectivity index is 1.59. The second-order valence-corrected chi connectivity index (χ2v) is 9.17. The third kappa shape index (κ3) is 5.02. The molecule has 1 aromatic heterocycles. The molecule has 1 aliphatic heterocycles. The summed E-state index contributed by atoms with van der Waals surface area (Å²) in [6, 6.07) is 4.47. The minimum atomic E-state index is -4.48. The zero-order valence-corrected chi connectivity index (χ0v) is 18.7. The standard InChI is InChI=1S/C23H22ClF4N3O3/c24-17-8-18(25)21(29-9-17)31-11-20(33)30(10-13-1-3-16(4-2-13)23(26,27)28)19(22(31)34)7-14-5-15(6-14)12-32/h1-4,8-9,14-15,19,32H,5-7,10-12H2/t14?,15?,19-/m0/s1. The van der Waals surface area contributed by atoms with E-state index in [-0.39, 0.29) is 35.8 Å². The maximum atomic E-state index is 14.5. The van der Waals surface area contributed by atoms with Crippen LogP contribution in [-0.2, 0) is 22.3 Å². The minimum Gasteiger partial charge on any atom is -0.396 e. The van der Waals surface area contributed by atoms with Gasteiger partial charge in [-0.25, -0.2) is 9.37 Å². The lowest BCUT2D eigenvalue weighted by Crippen LogP contribution is -2.60. The maximum Gasteiger partial charge on any atom is 0.416 e. The Kier molecular flexibility index (Phi) is 6.82. The first-order chi connectivity index (χ1) is 16.1. The van der Waals surface area contributed by atoms with Gasteiger partial charge in [0.25, 0.3) is 5.91 Å². The van der Waals surface area contributed by atoms with E-state index >= 15 is 0 Å². The van der Waals surface area contributed by atoms with E-state index in [9.17, 15) is 32.3 Å². The molecule has 2 aliphatic rings. The summed E-state index contributed by atoms with van der Waals surface area (Å²) >= 11 is 5.75. The zero-order valence-electron chi connectivity index (χ0n) is 17.9. The molecule has 1 aliphatic carbocycles. The summed E-state index contributed by atoms with van der Waals surface area (Å²) in [5.41, 5.74) is -0.376. The highest BCUT2D eigenvalue weighted by atomic mass is 35.5. The molecule has 6 nitrogen and oxygen atoms in total. The number of benzene rings is 1. The molecule has 1 N–H and O–H groups in total. The monoisotopic (exact) mass is 499 g/mol. The number of halogens is 5. The fourth-order valence-electron chi connectivity index (χ4n) is 4.53. The highest BCUT2D eigenvalue weighted by molar-refractivity contribution is 6.30. The number of aliphatic hydroxyl groups excluding tert-OH is 1.